The molecule has 4 heteroatoms. The van der Waals surface area contributed by atoms with Crippen molar-refractivity contribution in [1.29, 1.82) is 0 Å². The molecule has 0 aliphatic carbocycles. The number of hydrogen-bond acceptors (Lipinski definition) is 3. The van der Waals surface area contributed by atoms with Gasteiger partial charge < -0.3 is 15.4 Å². The first-order valence-electron chi connectivity index (χ1n) is 4.26. The highest BCUT2D eigenvalue weighted by Crippen LogP contribution is 2.10. The zero-order chi connectivity index (χ0) is 8.81. The molecule has 0 saturated carbocycles. The number of nitrogens with one attached hydrogen (secondary N) is 2. The summed E-state index contributed by atoms with van der Waals surface area (Å²) in [5.41, 5.74) is 0. The third-order valence-electron chi connectivity index (χ3n) is 2.07. The van der Waals surface area contributed by atoms with Crippen molar-refractivity contribution in [3.05, 3.63) is 0 Å². The molecule has 0 atom stereocenters. The summed E-state index contributed by atoms with van der Waals surface area (Å²) in [7, 11) is 0. The summed E-state index contributed by atoms with van der Waals surface area (Å²) in [6.07, 6.45) is 2.47. The topological polar surface area (TPSA) is 58.2 Å². The van der Waals surface area contributed by atoms with Gasteiger partial charge >= 0.3 is 0 Å². The Morgan fingerprint density at radius 3 is 2.75 bits per heavy atom. The van der Waals surface area contributed by atoms with Crippen LogP contribution in [0.25, 0.3) is 0 Å². The van der Waals surface area contributed by atoms with E-state index in [0.29, 0.717) is 6.29 Å². The van der Waals surface area contributed by atoms with E-state index in [0.717, 1.165) is 25.9 Å². The Hall–Kier alpha value is -0.900. The van der Waals surface area contributed by atoms with Gasteiger partial charge in [0, 0.05) is 5.92 Å². The lowest BCUT2D eigenvalue weighted by atomic mass is 9.97. The lowest BCUT2D eigenvalue weighted by Crippen LogP contribution is -2.38. The summed E-state index contributed by atoms with van der Waals surface area (Å²) in [6.45, 7) is 1.95. The number of hydrogen-bond donors (Lipinski definition) is 2. The third kappa shape index (κ3) is 2.62. The first kappa shape index (κ1) is 9.19. The molecule has 2 N–H and O–H groups in total. The van der Waals surface area contributed by atoms with Crippen LogP contribution in [0.1, 0.15) is 12.8 Å². The maximum atomic E-state index is 11.3. The van der Waals surface area contributed by atoms with E-state index in [1.807, 2.05) is 0 Å². The molecule has 0 aromatic carbocycles. The van der Waals surface area contributed by atoms with Crippen LogP contribution in [0.4, 0.5) is 0 Å². The van der Waals surface area contributed by atoms with Crippen molar-refractivity contribution < 1.29 is 9.59 Å². The molecule has 0 spiro atoms. The maximum absolute atomic E-state index is 11.3. The van der Waals surface area contributed by atoms with Crippen LogP contribution >= 0.6 is 0 Å². The first-order chi connectivity index (χ1) is 5.84. The van der Waals surface area contributed by atoms with Gasteiger partial charge in [0.1, 0.15) is 6.29 Å². The normalized spacial score (nSPS) is 18.7. The molecule has 0 aromatic heterocycles. The Morgan fingerprint density at radius 1 is 1.50 bits per heavy atom. The molecule has 1 heterocycles. The number of carbonyl (C=O) groups excluding carboxylic acids is 2. The van der Waals surface area contributed by atoms with Crippen LogP contribution in [0.3, 0.4) is 0 Å². The van der Waals surface area contributed by atoms with Crippen LogP contribution in [-0.2, 0) is 9.59 Å². The Labute approximate surface area is 71.7 Å². The fourth-order valence-electron chi connectivity index (χ4n) is 1.37. The predicted octanol–water partition coefficient (Wildman–Crippen LogP) is -0.699. The van der Waals surface area contributed by atoms with Gasteiger partial charge in [-0.1, -0.05) is 0 Å². The van der Waals surface area contributed by atoms with Crippen LogP contribution < -0.4 is 10.6 Å². The average Bonchev–Trinajstić information content (AvgIpc) is 2.15. The second kappa shape index (κ2) is 4.87. The van der Waals surface area contributed by atoms with Crippen molar-refractivity contribution in [3.63, 3.8) is 0 Å². The van der Waals surface area contributed by atoms with Crippen molar-refractivity contribution >= 4 is 12.2 Å². The zero-order valence-electron chi connectivity index (χ0n) is 7.01. The fourth-order valence-corrected chi connectivity index (χ4v) is 1.37. The van der Waals surface area contributed by atoms with E-state index in [-0.39, 0.29) is 18.4 Å². The van der Waals surface area contributed by atoms with E-state index < -0.39 is 0 Å². The molecular weight excluding hydrogens is 156 g/mol. The van der Waals surface area contributed by atoms with Crippen molar-refractivity contribution in [2.24, 2.45) is 5.92 Å². The van der Waals surface area contributed by atoms with Gasteiger partial charge in [-0.15, -0.1) is 0 Å². The van der Waals surface area contributed by atoms with E-state index in [1.165, 1.54) is 0 Å². The van der Waals surface area contributed by atoms with E-state index in [4.69, 9.17) is 0 Å². The molecule has 1 rings (SSSR count). The van der Waals surface area contributed by atoms with Crippen LogP contribution in [0.2, 0.25) is 0 Å². The zero-order valence-corrected chi connectivity index (χ0v) is 7.01. The quantitative estimate of drug-likeness (QED) is 0.551. The molecule has 1 aliphatic heterocycles. The Balaban J connectivity index is 2.24. The number of carbonyl (C=O) groups is 2. The number of rotatable bonds is 3. The minimum atomic E-state index is 0.0172. The largest absolute Gasteiger partial charge is 0.349 e. The second-order valence-corrected chi connectivity index (χ2v) is 2.94. The molecular formula is C8H14N2O2. The van der Waals surface area contributed by atoms with Gasteiger partial charge in [-0.2, -0.15) is 0 Å². The molecule has 1 fully saturated rings. The lowest BCUT2D eigenvalue weighted by Gasteiger charge is -2.21. The summed E-state index contributed by atoms with van der Waals surface area (Å²) < 4.78 is 0. The van der Waals surface area contributed by atoms with Gasteiger partial charge in [-0.3, -0.25) is 4.79 Å². The number of aldehydes is 1. The van der Waals surface area contributed by atoms with Gasteiger partial charge in [-0.05, 0) is 25.9 Å². The molecule has 0 unspecified atom stereocenters. The lowest BCUT2D eigenvalue weighted by molar-refractivity contribution is -0.126. The first-order valence-corrected chi connectivity index (χ1v) is 4.26. The van der Waals surface area contributed by atoms with Gasteiger partial charge in [0.15, 0.2) is 0 Å². The molecule has 68 valence electrons. The summed E-state index contributed by atoms with van der Waals surface area (Å²) >= 11 is 0. The van der Waals surface area contributed by atoms with Crippen LogP contribution in [0.15, 0.2) is 0 Å². The molecule has 1 aliphatic rings. The SMILES string of the molecule is O=CCNC(=O)C1CCNCC1. The van der Waals surface area contributed by atoms with Crippen molar-refractivity contribution in [1.82, 2.24) is 10.6 Å². The van der Waals surface area contributed by atoms with Crippen molar-refractivity contribution in [2.75, 3.05) is 19.6 Å². The van der Waals surface area contributed by atoms with E-state index in [1.54, 1.807) is 0 Å². The summed E-state index contributed by atoms with van der Waals surface area (Å²) in [6, 6.07) is 0. The molecule has 4 nitrogen and oxygen atoms in total. The third-order valence-corrected chi connectivity index (χ3v) is 2.07. The fraction of sp³-hybridized carbons (Fsp3) is 0.750. The molecule has 0 aromatic rings. The highest BCUT2D eigenvalue weighted by atomic mass is 16.2. The summed E-state index contributed by atoms with van der Waals surface area (Å²) in [5.74, 6) is 0.120. The van der Waals surface area contributed by atoms with Crippen molar-refractivity contribution in [2.45, 2.75) is 12.8 Å². The molecule has 1 saturated heterocycles. The Morgan fingerprint density at radius 2 is 2.17 bits per heavy atom. The molecule has 0 bridgehead atoms. The van der Waals surface area contributed by atoms with Crippen LogP contribution in [0, 0.1) is 5.92 Å². The molecule has 0 radical (unpaired) electrons. The predicted molar refractivity (Wildman–Crippen MR) is 44.7 cm³/mol. The standard InChI is InChI=1S/C8H14N2O2/c11-6-5-10-8(12)7-1-3-9-4-2-7/h6-7,9H,1-5H2,(H,10,12). The smallest absolute Gasteiger partial charge is 0.223 e. The maximum Gasteiger partial charge on any atom is 0.223 e. The van der Waals surface area contributed by atoms with Crippen molar-refractivity contribution in [3.8, 4) is 0 Å². The van der Waals surface area contributed by atoms with Crippen LogP contribution in [-0.4, -0.2) is 31.8 Å². The van der Waals surface area contributed by atoms with Gasteiger partial charge in [0.05, 0.1) is 6.54 Å². The summed E-state index contributed by atoms with van der Waals surface area (Å²) in [5, 5.41) is 5.74. The molecule has 1 amide bonds. The van der Waals surface area contributed by atoms with Gasteiger partial charge in [0.2, 0.25) is 5.91 Å². The Bertz CT molecular complexity index is 164. The minimum absolute atomic E-state index is 0.0172. The van der Waals surface area contributed by atoms with E-state index in [9.17, 15) is 9.59 Å². The van der Waals surface area contributed by atoms with E-state index >= 15 is 0 Å². The highest BCUT2D eigenvalue weighted by Gasteiger charge is 2.19. The van der Waals surface area contributed by atoms with Gasteiger partial charge in [-0.25, -0.2) is 0 Å². The summed E-state index contributed by atoms with van der Waals surface area (Å²) in [4.78, 5) is 21.2. The highest BCUT2D eigenvalue weighted by molar-refractivity contribution is 5.80. The van der Waals surface area contributed by atoms with Crippen LogP contribution in [0.5, 0.6) is 0 Å². The molecule has 12 heavy (non-hydrogen) atoms. The van der Waals surface area contributed by atoms with Gasteiger partial charge in [0.25, 0.3) is 0 Å². The number of piperidine rings is 1. The minimum Gasteiger partial charge on any atom is -0.349 e. The monoisotopic (exact) mass is 170 g/mol. The average molecular weight is 170 g/mol. The number of amides is 1. The second-order valence-electron chi connectivity index (χ2n) is 2.94. The van der Waals surface area contributed by atoms with E-state index in [2.05, 4.69) is 10.6 Å². The Kier molecular flexibility index (Phi) is 3.73.